The van der Waals surface area contributed by atoms with Crippen molar-refractivity contribution < 1.29 is 5.11 Å². The summed E-state index contributed by atoms with van der Waals surface area (Å²) >= 11 is 0. The van der Waals surface area contributed by atoms with E-state index in [2.05, 4.69) is 23.4 Å². The molecule has 1 aromatic rings. The molecule has 4 heteroatoms. The summed E-state index contributed by atoms with van der Waals surface area (Å²) < 4.78 is 2.11. The molecule has 1 fully saturated rings. The maximum absolute atomic E-state index is 9.09. The average Bonchev–Trinajstić information content (AvgIpc) is 2.89. The Labute approximate surface area is 96.5 Å². The van der Waals surface area contributed by atoms with E-state index < -0.39 is 0 Å². The monoisotopic (exact) mass is 223 g/mol. The molecule has 0 bridgehead atoms. The fraction of sp³-hybridized carbons (Fsp3) is 0.750. The molecule has 0 spiro atoms. The first-order chi connectivity index (χ1) is 7.59. The van der Waals surface area contributed by atoms with Crippen LogP contribution in [0.5, 0.6) is 0 Å². The lowest BCUT2D eigenvalue weighted by Crippen LogP contribution is -2.23. The van der Waals surface area contributed by atoms with E-state index >= 15 is 0 Å². The van der Waals surface area contributed by atoms with Crippen LogP contribution in [0.1, 0.15) is 38.4 Å². The van der Waals surface area contributed by atoms with Gasteiger partial charge in [0.25, 0.3) is 0 Å². The van der Waals surface area contributed by atoms with E-state index in [0.29, 0.717) is 11.3 Å². The van der Waals surface area contributed by atoms with Gasteiger partial charge in [0.15, 0.2) is 0 Å². The molecule has 0 radical (unpaired) electrons. The van der Waals surface area contributed by atoms with Crippen molar-refractivity contribution in [1.29, 1.82) is 0 Å². The van der Waals surface area contributed by atoms with Crippen molar-refractivity contribution in [1.82, 2.24) is 9.55 Å². The van der Waals surface area contributed by atoms with Gasteiger partial charge in [0, 0.05) is 12.7 Å². The summed E-state index contributed by atoms with van der Waals surface area (Å²) in [5.41, 5.74) is 7.22. The summed E-state index contributed by atoms with van der Waals surface area (Å²) in [7, 11) is 0. The quantitative estimate of drug-likeness (QED) is 0.791. The average molecular weight is 223 g/mol. The maximum Gasteiger partial charge on any atom is 0.0948 e. The molecule has 1 aromatic heterocycles. The van der Waals surface area contributed by atoms with E-state index in [9.17, 15) is 0 Å². The van der Waals surface area contributed by atoms with E-state index in [1.165, 1.54) is 12.8 Å². The molecule has 90 valence electrons. The second-order valence-corrected chi connectivity index (χ2v) is 5.25. The normalized spacial score (nSPS) is 20.1. The lowest BCUT2D eigenvalue weighted by molar-refractivity contribution is 0.255. The van der Waals surface area contributed by atoms with Gasteiger partial charge in [-0.15, -0.1) is 0 Å². The predicted molar refractivity (Wildman–Crippen MR) is 62.7 cm³/mol. The first-order valence-corrected chi connectivity index (χ1v) is 5.95. The van der Waals surface area contributed by atoms with Gasteiger partial charge in [0.2, 0.25) is 0 Å². The molecule has 2 rings (SSSR count). The van der Waals surface area contributed by atoms with Crippen LogP contribution in [0.2, 0.25) is 0 Å². The number of hydrogen-bond acceptors (Lipinski definition) is 3. The van der Waals surface area contributed by atoms with Crippen LogP contribution in [-0.4, -0.2) is 21.3 Å². The molecule has 0 amide bonds. The second-order valence-electron chi connectivity index (χ2n) is 5.25. The van der Waals surface area contributed by atoms with Gasteiger partial charge in [-0.2, -0.15) is 0 Å². The first-order valence-electron chi connectivity index (χ1n) is 5.95. The maximum atomic E-state index is 9.09. The number of aromatic nitrogens is 2. The molecule has 1 aliphatic carbocycles. The fourth-order valence-electron chi connectivity index (χ4n) is 2.28. The van der Waals surface area contributed by atoms with E-state index in [1.807, 2.05) is 6.33 Å². The number of hydrogen-bond donors (Lipinski definition) is 2. The Morgan fingerprint density at radius 3 is 2.75 bits per heavy atom. The molecule has 1 saturated carbocycles. The SMILES string of the molecule is CC(C)C1(Cn2cncc2C(N)CO)CC1. The Balaban J connectivity index is 2.13. The van der Waals surface area contributed by atoms with Crippen molar-refractivity contribution in [3.8, 4) is 0 Å². The van der Waals surface area contributed by atoms with Gasteiger partial charge in [0.05, 0.1) is 24.7 Å². The van der Waals surface area contributed by atoms with Crippen molar-refractivity contribution in [2.75, 3.05) is 6.61 Å². The number of imidazole rings is 1. The highest BCUT2D eigenvalue weighted by molar-refractivity contribution is 5.07. The molecule has 0 aliphatic heterocycles. The van der Waals surface area contributed by atoms with E-state index in [0.717, 1.165) is 12.2 Å². The Morgan fingerprint density at radius 1 is 1.56 bits per heavy atom. The Kier molecular flexibility index (Phi) is 3.04. The molecule has 3 N–H and O–H groups in total. The van der Waals surface area contributed by atoms with Crippen LogP contribution in [0.3, 0.4) is 0 Å². The van der Waals surface area contributed by atoms with Crippen molar-refractivity contribution >= 4 is 0 Å². The number of nitrogens with zero attached hydrogens (tertiary/aromatic N) is 2. The lowest BCUT2D eigenvalue weighted by Gasteiger charge is -2.22. The van der Waals surface area contributed by atoms with E-state index in [-0.39, 0.29) is 12.6 Å². The summed E-state index contributed by atoms with van der Waals surface area (Å²) in [4.78, 5) is 4.13. The van der Waals surface area contributed by atoms with Crippen LogP contribution in [0.25, 0.3) is 0 Å². The van der Waals surface area contributed by atoms with Crippen molar-refractivity contribution in [3.63, 3.8) is 0 Å². The molecule has 1 atom stereocenters. The third-order valence-electron chi connectivity index (χ3n) is 3.92. The number of aliphatic hydroxyl groups excluding tert-OH is 1. The summed E-state index contributed by atoms with van der Waals surface area (Å²) in [6.07, 6.45) is 6.16. The van der Waals surface area contributed by atoms with Crippen LogP contribution < -0.4 is 5.73 Å². The fourth-order valence-corrected chi connectivity index (χ4v) is 2.28. The van der Waals surface area contributed by atoms with Gasteiger partial charge in [-0.25, -0.2) is 4.98 Å². The second kappa shape index (κ2) is 4.18. The number of aliphatic hydroxyl groups is 1. The Hall–Kier alpha value is -0.870. The molecule has 1 heterocycles. The molecule has 4 nitrogen and oxygen atoms in total. The minimum Gasteiger partial charge on any atom is -0.394 e. The zero-order valence-electron chi connectivity index (χ0n) is 10.1. The zero-order valence-corrected chi connectivity index (χ0v) is 10.1. The highest BCUT2D eigenvalue weighted by atomic mass is 16.3. The molecule has 1 aliphatic rings. The van der Waals surface area contributed by atoms with Crippen LogP contribution in [0.4, 0.5) is 0 Å². The molecule has 0 saturated heterocycles. The first kappa shape index (κ1) is 11.6. The smallest absolute Gasteiger partial charge is 0.0948 e. The molecular formula is C12H21N3O. The largest absolute Gasteiger partial charge is 0.394 e. The highest BCUT2D eigenvalue weighted by Crippen LogP contribution is 2.53. The van der Waals surface area contributed by atoms with Crippen LogP contribution in [-0.2, 0) is 6.54 Å². The van der Waals surface area contributed by atoms with Crippen molar-refractivity contribution in [2.45, 2.75) is 39.3 Å². The third-order valence-corrected chi connectivity index (χ3v) is 3.92. The minimum atomic E-state index is -0.314. The molecule has 16 heavy (non-hydrogen) atoms. The summed E-state index contributed by atoms with van der Waals surface area (Å²) in [6, 6.07) is -0.314. The topological polar surface area (TPSA) is 64.1 Å². The molecular weight excluding hydrogens is 202 g/mol. The predicted octanol–water partition coefficient (Wildman–Crippen LogP) is 1.31. The van der Waals surface area contributed by atoms with Crippen LogP contribution >= 0.6 is 0 Å². The molecule has 1 unspecified atom stereocenters. The number of rotatable bonds is 5. The van der Waals surface area contributed by atoms with Gasteiger partial charge in [-0.3, -0.25) is 0 Å². The van der Waals surface area contributed by atoms with Crippen LogP contribution in [0, 0.1) is 11.3 Å². The summed E-state index contributed by atoms with van der Waals surface area (Å²) in [5, 5.41) is 9.09. The highest BCUT2D eigenvalue weighted by Gasteiger charge is 2.45. The Bertz CT molecular complexity index is 355. The standard InChI is InChI=1S/C12H21N3O/c1-9(2)12(3-4-12)7-15-8-14-5-11(15)10(13)6-16/h5,8-10,16H,3-4,6-7,13H2,1-2H3. The van der Waals surface area contributed by atoms with E-state index in [1.54, 1.807) is 6.20 Å². The Morgan fingerprint density at radius 2 is 2.25 bits per heavy atom. The van der Waals surface area contributed by atoms with Gasteiger partial charge in [-0.1, -0.05) is 13.8 Å². The van der Waals surface area contributed by atoms with Gasteiger partial charge < -0.3 is 15.4 Å². The van der Waals surface area contributed by atoms with Gasteiger partial charge in [-0.05, 0) is 24.2 Å². The van der Waals surface area contributed by atoms with E-state index in [4.69, 9.17) is 10.8 Å². The summed E-state index contributed by atoms with van der Waals surface area (Å²) in [5.74, 6) is 0.688. The van der Waals surface area contributed by atoms with Crippen molar-refractivity contribution in [2.24, 2.45) is 17.1 Å². The van der Waals surface area contributed by atoms with Crippen molar-refractivity contribution in [3.05, 3.63) is 18.2 Å². The third kappa shape index (κ3) is 1.99. The van der Waals surface area contributed by atoms with Gasteiger partial charge >= 0.3 is 0 Å². The van der Waals surface area contributed by atoms with Crippen LogP contribution in [0.15, 0.2) is 12.5 Å². The minimum absolute atomic E-state index is 0.0274. The van der Waals surface area contributed by atoms with Gasteiger partial charge in [0.1, 0.15) is 0 Å². The number of nitrogens with two attached hydrogens (primary N) is 1. The lowest BCUT2D eigenvalue weighted by atomic mass is 9.92. The molecule has 0 aromatic carbocycles. The summed E-state index contributed by atoms with van der Waals surface area (Å²) in [6.45, 7) is 5.50. The zero-order chi connectivity index (χ0) is 11.8.